The van der Waals surface area contributed by atoms with Crippen LogP contribution in [0.25, 0.3) is 0 Å². The standard InChI is InChI=1S/C21H22FN3O9S/c1-12(2)20(24-35(30,31)14-4-6-17-18(10-14)33-8-7-32-17)21(27)34-11-19(26)23-15-5-3-13(22)9-16(15)25(28)29/h3-6,9-10,12,20,24H,7-8,11H2,1-2H3,(H,23,26)/t20-/m0/s1. The van der Waals surface area contributed by atoms with Crippen molar-refractivity contribution in [2.45, 2.75) is 24.8 Å². The lowest BCUT2D eigenvalue weighted by atomic mass is 10.1. The molecule has 0 aromatic heterocycles. The minimum absolute atomic E-state index is 0.165. The van der Waals surface area contributed by atoms with Gasteiger partial charge in [-0.15, -0.1) is 0 Å². The third-order valence-corrected chi connectivity index (χ3v) is 6.24. The van der Waals surface area contributed by atoms with Crippen LogP contribution in [0.15, 0.2) is 41.3 Å². The van der Waals surface area contributed by atoms with Gasteiger partial charge in [-0.05, 0) is 30.2 Å². The second kappa shape index (κ2) is 10.7. The van der Waals surface area contributed by atoms with Crippen molar-refractivity contribution in [3.8, 4) is 11.5 Å². The minimum Gasteiger partial charge on any atom is -0.486 e. The lowest BCUT2D eigenvalue weighted by Gasteiger charge is -2.22. The molecule has 2 aromatic carbocycles. The van der Waals surface area contributed by atoms with E-state index < -0.39 is 56.9 Å². The van der Waals surface area contributed by atoms with Crippen molar-refractivity contribution < 1.29 is 41.5 Å². The molecule has 1 amide bonds. The number of nitro groups is 1. The molecule has 0 aliphatic carbocycles. The lowest BCUT2D eigenvalue weighted by Crippen LogP contribution is -2.45. The van der Waals surface area contributed by atoms with E-state index in [1.165, 1.54) is 18.2 Å². The molecule has 1 atom stereocenters. The number of rotatable bonds is 9. The molecule has 2 N–H and O–H groups in total. The molecule has 1 aliphatic rings. The summed E-state index contributed by atoms with van der Waals surface area (Å²) in [5.41, 5.74) is -0.978. The number of benzene rings is 2. The van der Waals surface area contributed by atoms with Gasteiger partial charge in [0.1, 0.15) is 30.8 Å². The largest absolute Gasteiger partial charge is 0.486 e. The van der Waals surface area contributed by atoms with E-state index in [2.05, 4.69) is 10.0 Å². The van der Waals surface area contributed by atoms with E-state index in [1.54, 1.807) is 13.8 Å². The van der Waals surface area contributed by atoms with Crippen LogP contribution < -0.4 is 19.5 Å². The predicted molar refractivity (Wildman–Crippen MR) is 119 cm³/mol. The van der Waals surface area contributed by atoms with E-state index in [1.807, 2.05) is 0 Å². The van der Waals surface area contributed by atoms with Crippen molar-refractivity contribution in [2.75, 3.05) is 25.1 Å². The highest BCUT2D eigenvalue weighted by Gasteiger charge is 2.31. The van der Waals surface area contributed by atoms with Crippen LogP contribution in [-0.4, -0.2) is 51.1 Å². The molecule has 2 aromatic rings. The number of halogens is 1. The Morgan fingerprint density at radius 1 is 1.14 bits per heavy atom. The van der Waals surface area contributed by atoms with Crippen molar-refractivity contribution in [1.29, 1.82) is 0 Å². The number of hydrogen-bond acceptors (Lipinski definition) is 9. The molecule has 188 valence electrons. The average Bonchev–Trinajstić information content (AvgIpc) is 2.81. The second-order valence-electron chi connectivity index (χ2n) is 7.72. The van der Waals surface area contributed by atoms with Gasteiger partial charge in [0.15, 0.2) is 18.1 Å². The molecular formula is C21H22FN3O9S. The fourth-order valence-corrected chi connectivity index (χ4v) is 4.40. The van der Waals surface area contributed by atoms with Crippen molar-refractivity contribution in [1.82, 2.24) is 4.72 Å². The maximum absolute atomic E-state index is 13.2. The van der Waals surface area contributed by atoms with Gasteiger partial charge in [-0.1, -0.05) is 13.8 Å². The number of esters is 1. The Bertz CT molecular complexity index is 1250. The van der Waals surface area contributed by atoms with Crippen LogP contribution in [0.5, 0.6) is 11.5 Å². The lowest BCUT2D eigenvalue weighted by molar-refractivity contribution is -0.384. The zero-order chi connectivity index (χ0) is 25.8. The van der Waals surface area contributed by atoms with Gasteiger partial charge in [0.2, 0.25) is 10.0 Å². The maximum Gasteiger partial charge on any atom is 0.324 e. The summed E-state index contributed by atoms with van der Waals surface area (Å²) < 4.78 is 56.9. The summed E-state index contributed by atoms with van der Waals surface area (Å²) in [6.07, 6.45) is 0. The summed E-state index contributed by atoms with van der Waals surface area (Å²) in [5.74, 6) is -2.77. The van der Waals surface area contributed by atoms with Crippen LogP contribution >= 0.6 is 0 Å². The van der Waals surface area contributed by atoms with Crippen molar-refractivity contribution in [3.05, 3.63) is 52.3 Å². The normalized spacial score (nSPS) is 13.7. The average molecular weight is 511 g/mol. The van der Waals surface area contributed by atoms with E-state index in [9.17, 15) is 32.5 Å². The Balaban J connectivity index is 1.66. The highest BCUT2D eigenvalue weighted by atomic mass is 32.2. The predicted octanol–water partition coefficient (Wildman–Crippen LogP) is 1.99. The molecule has 35 heavy (non-hydrogen) atoms. The molecule has 0 unspecified atom stereocenters. The highest BCUT2D eigenvalue weighted by molar-refractivity contribution is 7.89. The van der Waals surface area contributed by atoms with Gasteiger partial charge in [0.05, 0.1) is 15.9 Å². The van der Waals surface area contributed by atoms with Crippen LogP contribution in [0, 0.1) is 21.8 Å². The Morgan fingerprint density at radius 3 is 2.49 bits per heavy atom. The van der Waals surface area contributed by atoms with Crippen molar-refractivity contribution in [2.24, 2.45) is 5.92 Å². The number of carbonyl (C=O) groups excluding carboxylic acids is 2. The van der Waals surface area contributed by atoms with Crippen LogP contribution in [-0.2, 0) is 24.3 Å². The number of anilines is 1. The minimum atomic E-state index is -4.19. The quantitative estimate of drug-likeness (QED) is 0.291. The zero-order valence-corrected chi connectivity index (χ0v) is 19.5. The number of fused-ring (bicyclic) bond motifs is 1. The zero-order valence-electron chi connectivity index (χ0n) is 18.6. The number of hydrogen-bond donors (Lipinski definition) is 2. The molecule has 0 bridgehead atoms. The number of nitrogens with zero attached hydrogens (tertiary/aromatic N) is 1. The number of nitrogens with one attached hydrogen (secondary N) is 2. The van der Waals surface area contributed by atoms with E-state index in [4.69, 9.17) is 14.2 Å². The maximum atomic E-state index is 13.2. The molecule has 0 radical (unpaired) electrons. The Kier molecular flexibility index (Phi) is 7.86. The molecule has 0 spiro atoms. The van der Waals surface area contributed by atoms with Gasteiger partial charge in [0.25, 0.3) is 11.6 Å². The van der Waals surface area contributed by atoms with E-state index in [0.717, 1.165) is 12.1 Å². The second-order valence-corrected chi connectivity index (χ2v) is 9.44. The number of nitro benzene ring substituents is 1. The first-order valence-electron chi connectivity index (χ1n) is 10.3. The number of amides is 1. The van der Waals surface area contributed by atoms with E-state index >= 15 is 0 Å². The summed E-state index contributed by atoms with van der Waals surface area (Å²) in [4.78, 5) is 34.7. The molecule has 0 saturated heterocycles. The third-order valence-electron chi connectivity index (χ3n) is 4.80. The number of carbonyl (C=O) groups is 2. The molecular weight excluding hydrogens is 489 g/mol. The third kappa shape index (κ3) is 6.42. The summed E-state index contributed by atoms with van der Waals surface area (Å²) in [6, 6.07) is 5.18. The Morgan fingerprint density at radius 2 is 1.83 bits per heavy atom. The molecule has 1 aliphatic heterocycles. The number of sulfonamides is 1. The van der Waals surface area contributed by atoms with Gasteiger partial charge >= 0.3 is 5.97 Å². The van der Waals surface area contributed by atoms with Gasteiger partial charge in [-0.3, -0.25) is 19.7 Å². The fraction of sp³-hybridized carbons (Fsp3) is 0.333. The van der Waals surface area contributed by atoms with E-state index in [-0.39, 0.29) is 22.9 Å². The smallest absolute Gasteiger partial charge is 0.324 e. The van der Waals surface area contributed by atoms with Gasteiger partial charge < -0.3 is 19.5 Å². The Hall–Kier alpha value is -3.78. The molecule has 3 rings (SSSR count). The molecule has 0 saturated carbocycles. The molecule has 14 heteroatoms. The molecule has 12 nitrogen and oxygen atoms in total. The first-order chi connectivity index (χ1) is 16.5. The fourth-order valence-electron chi connectivity index (χ4n) is 3.06. The van der Waals surface area contributed by atoms with Crippen LogP contribution in [0.1, 0.15) is 13.8 Å². The van der Waals surface area contributed by atoms with Gasteiger partial charge in [0, 0.05) is 6.07 Å². The van der Waals surface area contributed by atoms with Crippen LogP contribution in [0.3, 0.4) is 0 Å². The first-order valence-corrected chi connectivity index (χ1v) is 11.8. The summed E-state index contributed by atoms with van der Waals surface area (Å²) in [7, 11) is -4.19. The van der Waals surface area contributed by atoms with Gasteiger partial charge in [-0.2, -0.15) is 4.72 Å². The summed E-state index contributed by atoms with van der Waals surface area (Å²) in [6.45, 7) is 2.87. The number of ether oxygens (including phenoxy) is 3. The highest BCUT2D eigenvalue weighted by Crippen LogP contribution is 2.32. The summed E-state index contributed by atoms with van der Waals surface area (Å²) in [5, 5.41) is 13.2. The van der Waals surface area contributed by atoms with Crippen LogP contribution in [0.4, 0.5) is 15.8 Å². The van der Waals surface area contributed by atoms with Crippen molar-refractivity contribution >= 4 is 33.3 Å². The molecule has 0 fully saturated rings. The van der Waals surface area contributed by atoms with E-state index in [0.29, 0.717) is 18.4 Å². The van der Waals surface area contributed by atoms with Crippen molar-refractivity contribution in [3.63, 3.8) is 0 Å². The topological polar surface area (TPSA) is 163 Å². The Labute approximate surface area is 199 Å². The van der Waals surface area contributed by atoms with Crippen LogP contribution in [0.2, 0.25) is 0 Å². The SMILES string of the molecule is CC(C)[C@H](NS(=O)(=O)c1ccc2c(c1)OCCO2)C(=O)OCC(=O)Nc1ccc(F)cc1[N+](=O)[O-]. The summed E-state index contributed by atoms with van der Waals surface area (Å²) >= 11 is 0. The monoisotopic (exact) mass is 511 g/mol. The first kappa shape index (κ1) is 25.8. The molecule has 1 heterocycles. The van der Waals surface area contributed by atoms with Gasteiger partial charge in [-0.25, -0.2) is 12.8 Å².